The fraction of sp³-hybridized carbons (Fsp3) is 0.381. The van der Waals surface area contributed by atoms with Gasteiger partial charge >= 0.3 is 0 Å². The van der Waals surface area contributed by atoms with Crippen LogP contribution in [-0.4, -0.2) is 29.1 Å². The minimum absolute atomic E-state index is 0.220. The quantitative estimate of drug-likeness (QED) is 0.685. The van der Waals surface area contributed by atoms with E-state index in [1.165, 1.54) is 11.3 Å². The van der Waals surface area contributed by atoms with Crippen LogP contribution in [0.2, 0.25) is 0 Å². The summed E-state index contributed by atoms with van der Waals surface area (Å²) in [5.74, 6) is 0. The fourth-order valence-electron chi connectivity index (χ4n) is 3.70. The summed E-state index contributed by atoms with van der Waals surface area (Å²) in [6.45, 7) is 14.1. The van der Waals surface area contributed by atoms with Gasteiger partial charge in [-0.1, -0.05) is 32.2 Å². The molecule has 3 heterocycles. The van der Waals surface area contributed by atoms with E-state index in [-0.39, 0.29) is 6.04 Å². The maximum atomic E-state index is 6.25. The SMILES string of the molecule is C=C/C(=C\C)C(=C)Nc1c[nH]c2ncc(CC)c(N3CCCC(N)C3)c12. The molecule has 1 aliphatic rings. The number of nitrogens with zero attached hydrogens (tertiary/aromatic N) is 2. The molecule has 5 nitrogen and oxygen atoms in total. The fourth-order valence-corrected chi connectivity index (χ4v) is 3.70. The van der Waals surface area contributed by atoms with E-state index in [1.54, 1.807) is 0 Å². The standard InChI is InChI=1S/C21H29N5/c1-5-15(6-2)14(4)25-18-12-24-21-19(18)20(16(7-3)11-23-21)26-10-8-9-17(22)13-26/h5-6,11-12,17,25H,1,4,7-10,13,22H2,2-3H3,(H,23,24)/b15-6+. The van der Waals surface area contributed by atoms with Crippen LogP contribution in [0.5, 0.6) is 0 Å². The lowest BCUT2D eigenvalue weighted by molar-refractivity contribution is 0.506. The van der Waals surface area contributed by atoms with Crippen LogP contribution in [0.15, 0.2) is 49.0 Å². The number of nitrogens with one attached hydrogen (secondary N) is 2. The summed E-state index contributed by atoms with van der Waals surface area (Å²) in [4.78, 5) is 10.3. The Kier molecular flexibility index (Phi) is 5.47. The number of aromatic amines is 1. The van der Waals surface area contributed by atoms with Crippen LogP contribution in [-0.2, 0) is 6.42 Å². The average Bonchev–Trinajstić information content (AvgIpc) is 3.04. The van der Waals surface area contributed by atoms with Crippen LogP contribution in [0.3, 0.4) is 0 Å². The van der Waals surface area contributed by atoms with Gasteiger partial charge in [0.05, 0.1) is 16.8 Å². The molecule has 2 aromatic rings. The first-order valence-electron chi connectivity index (χ1n) is 9.33. The first-order chi connectivity index (χ1) is 12.6. The van der Waals surface area contributed by atoms with Crippen molar-refractivity contribution in [2.45, 2.75) is 39.2 Å². The Balaban J connectivity index is 2.08. The van der Waals surface area contributed by atoms with Crippen molar-refractivity contribution in [1.82, 2.24) is 9.97 Å². The summed E-state index contributed by atoms with van der Waals surface area (Å²) in [5.41, 5.74) is 12.4. The second-order valence-electron chi connectivity index (χ2n) is 6.81. The van der Waals surface area contributed by atoms with E-state index < -0.39 is 0 Å². The van der Waals surface area contributed by atoms with Crippen molar-refractivity contribution in [2.24, 2.45) is 5.73 Å². The molecule has 5 heteroatoms. The second kappa shape index (κ2) is 7.79. The molecule has 1 atom stereocenters. The smallest absolute Gasteiger partial charge is 0.141 e. The van der Waals surface area contributed by atoms with Crippen LogP contribution in [0, 0.1) is 0 Å². The van der Waals surface area contributed by atoms with E-state index >= 15 is 0 Å². The van der Waals surface area contributed by atoms with Gasteiger partial charge in [-0.05, 0) is 37.3 Å². The number of anilines is 2. The molecule has 2 aromatic heterocycles. The molecule has 0 amide bonds. The molecule has 0 bridgehead atoms. The first kappa shape index (κ1) is 18.3. The van der Waals surface area contributed by atoms with Gasteiger partial charge in [-0.15, -0.1) is 0 Å². The third-order valence-corrected chi connectivity index (χ3v) is 5.07. The molecule has 0 saturated carbocycles. The monoisotopic (exact) mass is 351 g/mol. The van der Waals surface area contributed by atoms with Crippen molar-refractivity contribution in [2.75, 3.05) is 23.3 Å². The van der Waals surface area contributed by atoms with E-state index in [0.717, 1.165) is 60.3 Å². The van der Waals surface area contributed by atoms with Crippen molar-refractivity contribution >= 4 is 22.4 Å². The number of fused-ring (bicyclic) bond motifs is 1. The zero-order valence-corrected chi connectivity index (χ0v) is 15.8. The summed E-state index contributed by atoms with van der Waals surface area (Å²) in [5, 5.41) is 4.56. The predicted molar refractivity (Wildman–Crippen MR) is 112 cm³/mol. The molecule has 0 radical (unpaired) electrons. The molecule has 4 N–H and O–H groups in total. The Bertz CT molecular complexity index is 845. The van der Waals surface area contributed by atoms with E-state index in [4.69, 9.17) is 5.73 Å². The lowest BCUT2D eigenvalue weighted by Gasteiger charge is -2.34. The van der Waals surface area contributed by atoms with E-state index in [1.807, 2.05) is 31.5 Å². The van der Waals surface area contributed by atoms with Crippen molar-refractivity contribution in [1.29, 1.82) is 0 Å². The number of nitrogens with two attached hydrogens (primary N) is 1. The Morgan fingerprint density at radius 1 is 1.54 bits per heavy atom. The Labute approximate surface area is 155 Å². The predicted octanol–water partition coefficient (Wildman–Crippen LogP) is 4.11. The number of hydrogen-bond acceptors (Lipinski definition) is 4. The van der Waals surface area contributed by atoms with Crippen LogP contribution in [0.4, 0.5) is 11.4 Å². The Morgan fingerprint density at radius 3 is 3.00 bits per heavy atom. The number of allylic oxidation sites excluding steroid dienone is 2. The summed E-state index contributed by atoms with van der Waals surface area (Å²) in [6, 6.07) is 0.220. The number of piperidine rings is 1. The molecule has 26 heavy (non-hydrogen) atoms. The zero-order valence-electron chi connectivity index (χ0n) is 15.8. The van der Waals surface area contributed by atoms with Crippen molar-refractivity contribution < 1.29 is 0 Å². The number of hydrogen-bond donors (Lipinski definition) is 3. The average molecular weight is 351 g/mol. The highest BCUT2D eigenvalue weighted by Gasteiger charge is 2.23. The highest BCUT2D eigenvalue weighted by molar-refractivity contribution is 6.02. The van der Waals surface area contributed by atoms with Crippen molar-refractivity contribution in [3.8, 4) is 0 Å². The Morgan fingerprint density at radius 2 is 2.35 bits per heavy atom. The van der Waals surface area contributed by atoms with Gasteiger partial charge < -0.3 is 20.9 Å². The molecule has 1 unspecified atom stereocenters. The van der Waals surface area contributed by atoms with Gasteiger partial charge in [0.15, 0.2) is 0 Å². The summed E-state index contributed by atoms with van der Waals surface area (Å²) < 4.78 is 0. The van der Waals surface area contributed by atoms with Gasteiger partial charge in [0.2, 0.25) is 0 Å². The largest absolute Gasteiger partial charge is 0.369 e. The number of pyridine rings is 1. The maximum absolute atomic E-state index is 6.25. The van der Waals surface area contributed by atoms with Gasteiger partial charge in [-0.25, -0.2) is 4.98 Å². The topological polar surface area (TPSA) is 70.0 Å². The summed E-state index contributed by atoms with van der Waals surface area (Å²) in [6.07, 6.45) is 10.9. The van der Waals surface area contributed by atoms with E-state index in [0.29, 0.717) is 0 Å². The highest BCUT2D eigenvalue weighted by atomic mass is 15.2. The molecule has 1 fully saturated rings. The van der Waals surface area contributed by atoms with Crippen LogP contribution in [0.1, 0.15) is 32.3 Å². The lowest BCUT2D eigenvalue weighted by atomic mass is 10.0. The van der Waals surface area contributed by atoms with Gasteiger partial charge in [0.25, 0.3) is 0 Å². The van der Waals surface area contributed by atoms with E-state index in [2.05, 4.69) is 40.3 Å². The second-order valence-corrected chi connectivity index (χ2v) is 6.81. The minimum atomic E-state index is 0.220. The van der Waals surface area contributed by atoms with Gasteiger partial charge in [0.1, 0.15) is 5.65 Å². The third kappa shape index (κ3) is 3.40. The van der Waals surface area contributed by atoms with Crippen LogP contribution in [0.25, 0.3) is 11.0 Å². The molecule has 138 valence electrons. The minimum Gasteiger partial charge on any atom is -0.369 e. The molecule has 1 saturated heterocycles. The molecule has 0 spiro atoms. The van der Waals surface area contributed by atoms with Crippen LogP contribution >= 0.6 is 0 Å². The van der Waals surface area contributed by atoms with E-state index in [9.17, 15) is 0 Å². The molecular weight excluding hydrogens is 322 g/mol. The molecule has 3 rings (SSSR count). The van der Waals surface area contributed by atoms with Gasteiger partial charge in [-0.2, -0.15) is 0 Å². The first-order valence-corrected chi connectivity index (χ1v) is 9.33. The van der Waals surface area contributed by atoms with Gasteiger partial charge in [-0.3, -0.25) is 0 Å². The number of aromatic nitrogens is 2. The third-order valence-electron chi connectivity index (χ3n) is 5.07. The normalized spacial score (nSPS) is 18.2. The highest BCUT2D eigenvalue weighted by Crippen LogP contribution is 2.37. The maximum Gasteiger partial charge on any atom is 0.141 e. The Hall–Kier alpha value is -2.53. The summed E-state index contributed by atoms with van der Waals surface area (Å²) in [7, 11) is 0. The van der Waals surface area contributed by atoms with Crippen molar-refractivity contribution in [3.05, 3.63) is 54.5 Å². The molecular formula is C21H29N5. The number of H-pyrrole nitrogens is 1. The number of rotatable bonds is 6. The number of aryl methyl sites for hydroxylation is 1. The van der Waals surface area contributed by atoms with Gasteiger partial charge in [0, 0.05) is 37.2 Å². The lowest BCUT2D eigenvalue weighted by Crippen LogP contribution is -2.43. The summed E-state index contributed by atoms with van der Waals surface area (Å²) >= 11 is 0. The molecule has 0 aliphatic carbocycles. The zero-order chi connectivity index (χ0) is 18.7. The molecule has 0 aromatic carbocycles. The van der Waals surface area contributed by atoms with Crippen LogP contribution < -0.4 is 16.0 Å². The van der Waals surface area contributed by atoms with Crippen molar-refractivity contribution in [3.63, 3.8) is 0 Å². The molecule has 1 aliphatic heterocycles.